The Bertz CT molecular complexity index is 383. The van der Waals surface area contributed by atoms with E-state index >= 15 is 0 Å². The van der Waals surface area contributed by atoms with Crippen LogP contribution < -0.4 is 10.1 Å². The average Bonchev–Trinajstić information content (AvgIpc) is 2.43. The molecule has 0 unspecified atom stereocenters. The summed E-state index contributed by atoms with van der Waals surface area (Å²) < 4.78 is 5.79. The third-order valence-corrected chi connectivity index (χ3v) is 4.11. The van der Waals surface area contributed by atoms with Crippen LogP contribution in [0.5, 0.6) is 5.75 Å². The average molecular weight is 261 g/mol. The van der Waals surface area contributed by atoms with Gasteiger partial charge in [-0.25, -0.2) is 0 Å². The molecule has 0 amide bonds. The standard InChI is InChI=1S/C17H27NO/c1-14-9-10-17(13-15(14)2)19-12-6-11-18-16-7-4-3-5-8-16/h9-10,13,16,18H,3-8,11-12H2,1-2H3. The van der Waals surface area contributed by atoms with Gasteiger partial charge < -0.3 is 10.1 Å². The van der Waals surface area contributed by atoms with Crippen molar-refractivity contribution in [2.75, 3.05) is 13.2 Å². The van der Waals surface area contributed by atoms with E-state index in [4.69, 9.17) is 4.74 Å². The van der Waals surface area contributed by atoms with E-state index in [1.807, 2.05) is 0 Å². The molecule has 1 aromatic carbocycles. The highest BCUT2D eigenvalue weighted by Crippen LogP contribution is 2.18. The van der Waals surface area contributed by atoms with Crippen molar-refractivity contribution >= 4 is 0 Å². The summed E-state index contributed by atoms with van der Waals surface area (Å²) in [5.41, 5.74) is 2.63. The van der Waals surface area contributed by atoms with Gasteiger partial charge in [0, 0.05) is 6.04 Å². The molecule has 0 atom stereocenters. The highest BCUT2D eigenvalue weighted by atomic mass is 16.5. The minimum Gasteiger partial charge on any atom is -0.494 e. The summed E-state index contributed by atoms with van der Waals surface area (Å²) in [6.45, 7) is 6.15. The molecule has 0 heterocycles. The zero-order valence-corrected chi connectivity index (χ0v) is 12.4. The first-order chi connectivity index (χ1) is 9.25. The van der Waals surface area contributed by atoms with E-state index in [0.717, 1.165) is 31.4 Å². The fourth-order valence-electron chi connectivity index (χ4n) is 2.68. The molecule has 1 saturated carbocycles. The molecule has 19 heavy (non-hydrogen) atoms. The minimum atomic E-state index is 0.760. The Hall–Kier alpha value is -1.02. The fraction of sp³-hybridized carbons (Fsp3) is 0.647. The van der Waals surface area contributed by atoms with Crippen molar-refractivity contribution < 1.29 is 4.74 Å². The first kappa shape index (κ1) is 14.4. The fourth-order valence-corrected chi connectivity index (χ4v) is 2.68. The maximum absolute atomic E-state index is 5.79. The lowest BCUT2D eigenvalue weighted by Gasteiger charge is -2.22. The summed E-state index contributed by atoms with van der Waals surface area (Å²) in [7, 11) is 0. The van der Waals surface area contributed by atoms with E-state index < -0.39 is 0 Å². The quantitative estimate of drug-likeness (QED) is 0.782. The maximum atomic E-state index is 5.79. The van der Waals surface area contributed by atoms with Crippen LogP contribution in [0.3, 0.4) is 0 Å². The van der Waals surface area contributed by atoms with Crippen molar-refractivity contribution in [1.29, 1.82) is 0 Å². The lowest BCUT2D eigenvalue weighted by molar-refractivity contribution is 0.296. The van der Waals surface area contributed by atoms with Crippen molar-refractivity contribution in [3.8, 4) is 5.75 Å². The first-order valence-electron chi connectivity index (χ1n) is 7.69. The van der Waals surface area contributed by atoms with Crippen LogP contribution in [0.15, 0.2) is 18.2 Å². The Labute approximate surface area is 117 Å². The second-order valence-electron chi connectivity index (χ2n) is 5.74. The number of rotatable bonds is 6. The molecular formula is C17H27NO. The molecule has 1 N–H and O–H groups in total. The topological polar surface area (TPSA) is 21.3 Å². The van der Waals surface area contributed by atoms with Gasteiger partial charge in [0.25, 0.3) is 0 Å². The smallest absolute Gasteiger partial charge is 0.119 e. The second-order valence-corrected chi connectivity index (χ2v) is 5.74. The molecule has 1 aliphatic rings. The van der Waals surface area contributed by atoms with Gasteiger partial charge in [0.2, 0.25) is 0 Å². The van der Waals surface area contributed by atoms with Crippen LogP contribution in [0.1, 0.15) is 49.7 Å². The lowest BCUT2D eigenvalue weighted by atomic mass is 9.95. The zero-order valence-electron chi connectivity index (χ0n) is 12.4. The van der Waals surface area contributed by atoms with E-state index in [9.17, 15) is 0 Å². The Morgan fingerprint density at radius 1 is 1.11 bits per heavy atom. The van der Waals surface area contributed by atoms with Crippen molar-refractivity contribution in [3.63, 3.8) is 0 Å². The van der Waals surface area contributed by atoms with E-state index in [0.29, 0.717) is 0 Å². The van der Waals surface area contributed by atoms with Crippen LogP contribution >= 0.6 is 0 Å². The molecular weight excluding hydrogens is 234 g/mol. The molecule has 2 heteroatoms. The Morgan fingerprint density at radius 3 is 2.63 bits per heavy atom. The molecule has 0 aliphatic heterocycles. The number of ether oxygens (including phenoxy) is 1. The minimum absolute atomic E-state index is 0.760. The third-order valence-electron chi connectivity index (χ3n) is 4.11. The number of nitrogens with one attached hydrogen (secondary N) is 1. The summed E-state index contributed by atoms with van der Waals surface area (Å²) in [6, 6.07) is 7.08. The summed E-state index contributed by atoms with van der Waals surface area (Å²) in [5.74, 6) is 1.00. The zero-order chi connectivity index (χ0) is 13.5. The molecule has 2 rings (SSSR count). The van der Waals surface area contributed by atoms with Crippen molar-refractivity contribution in [1.82, 2.24) is 5.32 Å². The highest BCUT2D eigenvalue weighted by molar-refractivity contribution is 5.33. The van der Waals surface area contributed by atoms with Gasteiger partial charge in [0.15, 0.2) is 0 Å². The van der Waals surface area contributed by atoms with Gasteiger partial charge in [0.1, 0.15) is 5.75 Å². The van der Waals surface area contributed by atoms with Gasteiger partial charge in [-0.3, -0.25) is 0 Å². The van der Waals surface area contributed by atoms with Gasteiger partial charge >= 0.3 is 0 Å². The van der Waals surface area contributed by atoms with E-state index in [1.165, 1.54) is 43.2 Å². The SMILES string of the molecule is Cc1ccc(OCCCNC2CCCCC2)cc1C. The summed E-state index contributed by atoms with van der Waals surface area (Å²) in [6.07, 6.45) is 8.03. The number of hydrogen-bond donors (Lipinski definition) is 1. The third kappa shape index (κ3) is 4.87. The molecule has 0 radical (unpaired) electrons. The molecule has 106 valence electrons. The maximum Gasteiger partial charge on any atom is 0.119 e. The molecule has 1 aromatic rings. The van der Waals surface area contributed by atoms with Crippen molar-refractivity contribution in [3.05, 3.63) is 29.3 Å². The normalized spacial score (nSPS) is 16.5. The lowest BCUT2D eigenvalue weighted by Crippen LogP contribution is -2.32. The van der Waals surface area contributed by atoms with Gasteiger partial charge in [-0.05, 0) is 62.9 Å². The molecule has 1 fully saturated rings. The molecule has 2 nitrogen and oxygen atoms in total. The Morgan fingerprint density at radius 2 is 1.89 bits per heavy atom. The molecule has 0 saturated heterocycles. The first-order valence-corrected chi connectivity index (χ1v) is 7.69. The molecule has 1 aliphatic carbocycles. The summed E-state index contributed by atoms with van der Waals surface area (Å²) in [4.78, 5) is 0. The van der Waals surface area contributed by atoms with Gasteiger partial charge in [0.05, 0.1) is 6.61 Å². The Balaban J connectivity index is 1.59. The Kier molecular flexibility index (Phi) is 5.71. The summed E-state index contributed by atoms with van der Waals surface area (Å²) >= 11 is 0. The molecule has 0 spiro atoms. The van der Waals surface area contributed by atoms with Gasteiger partial charge in [-0.15, -0.1) is 0 Å². The van der Waals surface area contributed by atoms with Gasteiger partial charge in [-0.2, -0.15) is 0 Å². The van der Waals surface area contributed by atoms with Crippen LogP contribution in [-0.2, 0) is 0 Å². The number of benzene rings is 1. The second kappa shape index (κ2) is 7.54. The number of hydrogen-bond acceptors (Lipinski definition) is 2. The van der Waals surface area contributed by atoms with E-state index in [2.05, 4.69) is 37.4 Å². The summed E-state index contributed by atoms with van der Waals surface area (Å²) in [5, 5.41) is 3.65. The largest absolute Gasteiger partial charge is 0.494 e. The van der Waals surface area contributed by atoms with E-state index in [-0.39, 0.29) is 0 Å². The predicted octanol–water partition coefficient (Wildman–Crippen LogP) is 3.99. The van der Waals surface area contributed by atoms with Crippen molar-refractivity contribution in [2.45, 2.75) is 58.4 Å². The van der Waals surface area contributed by atoms with Crippen LogP contribution in [-0.4, -0.2) is 19.2 Å². The van der Waals surface area contributed by atoms with Crippen LogP contribution in [0.2, 0.25) is 0 Å². The highest BCUT2D eigenvalue weighted by Gasteiger charge is 2.11. The van der Waals surface area contributed by atoms with Gasteiger partial charge in [-0.1, -0.05) is 25.3 Å². The van der Waals surface area contributed by atoms with Crippen LogP contribution in [0.4, 0.5) is 0 Å². The number of aryl methyl sites for hydroxylation is 2. The molecule has 0 bridgehead atoms. The van der Waals surface area contributed by atoms with E-state index in [1.54, 1.807) is 0 Å². The van der Waals surface area contributed by atoms with Crippen LogP contribution in [0, 0.1) is 13.8 Å². The predicted molar refractivity (Wildman–Crippen MR) is 80.9 cm³/mol. The molecule has 0 aromatic heterocycles. The van der Waals surface area contributed by atoms with Crippen molar-refractivity contribution in [2.24, 2.45) is 0 Å². The van der Waals surface area contributed by atoms with Crippen LogP contribution in [0.25, 0.3) is 0 Å². The monoisotopic (exact) mass is 261 g/mol.